The van der Waals surface area contributed by atoms with E-state index in [9.17, 15) is 0 Å². The van der Waals surface area contributed by atoms with E-state index in [0.717, 1.165) is 14.9 Å². The summed E-state index contributed by atoms with van der Waals surface area (Å²) in [5.74, 6) is 1.70. The van der Waals surface area contributed by atoms with Crippen LogP contribution in [-0.4, -0.2) is 15.1 Å². The summed E-state index contributed by atoms with van der Waals surface area (Å²) in [6, 6.07) is 9.63. The third-order valence-corrected chi connectivity index (χ3v) is 4.28. The van der Waals surface area contributed by atoms with E-state index in [1.54, 1.807) is 24.2 Å². The highest BCUT2D eigenvalue weighted by Crippen LogP contribution is 2.27. The van der Waals surface area contributed by atoms with Gasteiger partial charge in [0.05, 0.1) is 17.6 Å². The van der Waals surface area contributed by atoms with Crippen molar-refractivity contribution in [3.63, 3.8) is 0 Å². The minimum Gasteiger partial charge on any atom is -0.397 e. The Morgan fingerprint density at radius 1 is 1.29 bits per heavy atom. The fourth-order valence-corrected chi connectivity index (χ4v) is 2.90. The Labute approximate surface area is 134 Å². The highest BCUT2D eigenvalue weighted by molar-refractivity contribution is 9.10. The predicted molar refractivity (Wildman–Crippen MR) is 85.6 cm³/mol. The third kappa shape index (κ3) is 3.43. The zero-order valence-electron chi connectivity index (χ0n) is 10.9. The Bertz CT molecular complexity index is 762. The van der Waals surface area contributed by atoms with Gasteiger partial charge in [0.2, 0.25) is 11.7 Å². The standard InChI is InChI=1S/C14H11BrN4OS/c15-10-3-1-2-9(6-10)14-18-13(20-19-14)8-21-12-4-5-17-7-11(12)16/h1-7H,8,16H2. The number of nitrogens with two attached hydrogens (primary N) is 1. The van der Waals surface area contributed by atoms with Gasteiger partial charge in [0.1, 0.15) is 0 Å². The maximum absolute atomic E-state index is 5.84. The van der Waals surface area contributed by atoms with Crippen LogP contribution < -0.4 is 5.73 Å². The number of pyridine rings is 1. The molecule has 7 heteroatoms. The molecule has 21 heavy (non-hydrogen) atoms. The number of benzene rings is 1. The lowest BCUT2D eigenvalue weighted by atomic mass is 10.2. The van der Waals surface area contributed by atoms with Crippen molar-refractivity contribution in [2.24, 2.45) is 0 Å². The van der Waals surface area contributed by atoms with Crippen molar-refractivity contribution in [2.45, 2.75) is 10.6 Å². The smallest absolute Gasteiger partial charge is 0.237 e. The summed E-state index contributed by atoms with van der Waals surface area (Å²) in [6.07, 6.45) is 3.34. The Hall–Kier alpha value is -1.86. The maximum atomic E-state index is 5.84. The zero-order valence-corrected chi connectivity index (χ0v) is 13.3. The van der Waals surface area contributed by atoms with Gasteiger partial charge in [-0.15, -0.1) is 11.8 Å². The minimum absolute atomic E-state index is 0.561. The van der Waals surface area contributed by atoms with Gasteiger partial charge in [0.25, 0.3) is 0 Å². The average Bonchev–Trinajstić information content (AvgIpc) is 2.95. The van der Waals surface area contributed by atoms with Gasteiger partial charge in [0, 0.05) is 21.1 Å². The fourth-order valence-electron chi connectivity index (χ4n) is 1.72. The summed E-state index contributed by atoms with van der Waals surface area (Å²) in [6.45, 7) is 0. The van der Waals surface area contributed by atoms with E-state index in [1.165, 1.54) is 0 Å². The summed E-state index contributed by atoms with van der Waals surface area (Å²) in [7, 11) is 0. The lowest BCUT2D eigenvalue weighted by Crippen LogP contribution is -1.90. The van der Waals surface area contributed by atoms with Crippen LogP contribution in [0.5, 0.6) is 0 Å². The second-order valence-corrected chi connectivity index (χ2v) is 6.16. The van der Waals surface area contributed by atoms with E-state index in [0.29, 0.717) is 23.2 Å². The van der Waals surface area contributed by atoms with Gasteiger partial charge in [-0.1, -0.05) is 33.2 Å². The molecule has 2 aromatic heterocycles. The summed E-state index contributed by atoms with van der Waals surface area (Å²) in [5, 5.41) is 4.00. The Balaban J connectivity index is 1.72. The Morgan fingerprint density at radius 3 is 3.00 bits per heavy atom. The van der Waals surface area contributed by atoms with Gasteiger partial charge >= 0.3 is 0 Å². The molecular weight excluding hydrogens is 352 g/mol. The van der Waals surface area contributed by atoms with Gasteiger partial charge in [0.15, 0.2) is 0 Å². The van der Waals surface area contributed by atoms with Crippen molar-refractivity contribution < 1.29 is 4.52 Å². The molecule has 0 atom stereocenters. The number of rotatable bonds is 4. The molecule has 3 aromatic rings. The molecule has 0 bridgehead atoms. The molecule has 0 saturated carbocycles. The van der Waals surface area contributed by atoms with Crippen LogP contribution in [0.3, 0.4) is 0 Å². The van der Waals surface area contributed by atoms with E-state index >= 15 is 0 Å². The number of anilines is 1. The van der Waals surface area contributed by atoms with E-state index in [1.807, 2.05) is 30.3 Å². The molecule has 0 saturated heterocycles. The normalized spacial score (nSPS) is 10.7. The summed E-state index contributed by atoms with van der Waals surface area (Å²) >= 11 is 4.97. The van der Waals surface area contributed by atoms with Crippen molar-refractivity contribution in [1.29, 1.82) is 0 Å². The second-order valence-electron chi connectivity index (χ2n) is 4.22. The van der Waals surface area contributed by atoms with Crippen LogP contribution in [0, 0.1) is 0 Å². The van der Waals surface area contributed by atoms with Gasteiger partial charge < -0.3 is 10.3 Å². The number of aromatic nitrogens is 3. The number of nitrogen functional groups attached to an aromatic ring is 1. The summed E-state index contributed by atoms with van der Waals surface area (Å²) in [4.78, 5) is 9.30. The van der Waals surface area contributed by atoms with Crippen LogP contribution in [0.15, 0.2) is 56.6 Å². The fraction of sp³-hybridized carbons (Fsp3) is 0.0714. The van der Waals surface area contributed by atoms with Crippen molar-refractivity contribution in [3.8, 4) is 11.4 Å². The topological polar surface area (TPSA) is 77.8 Å². The van der Waals surface area contributed by atoms with E-state index in [-0.39, 0.29) is 0 Å². The molecule has 0 amide bonds. The Morgan fingerprint density at radius 2 is 2.19 bits per heavy atom. The molecule has 0 radical (unpaired) electrons. The van der Waals surface area contributed by atoms with Crippen molar-refractivity contribution in [1.82, 2.24) is 15.1 Å². The van der Waals surface area contributed by atoms with Crippen LogP contribution in [0.2, 0.25) is 0 Å². The van der Waals surface area contributed by atoms with Crippen LogP contribution in [0.25, 0.3) is 11.4 Å². The monoisotopic (exact) mass is 362 g/mol. The molecule has 1 aromatic carbocycles. The van der Waals surface area contributed by atoms with E-state index in [2.05, 4.69) is 31.1 Å². The second kappa shape index (κ2) is 6.28. The van der Waals surface area contributed by atoms with Gasteiger partial charge in [-0.2, -0.15) is 4.98 Å². The molecule has 0 unspecified atom stereocenters. The number of nitrogens with zero attached hydrogens (tertiary/aromatic N) is 3. The average molecular weight is 363 g/mol. The molecular formula is C14H11BrN4OS. The lowest BCUT2D eigenvalue weighted by molar-refractivity contribution is 0.391. The number of thioether (sulfide) groups is 1. The van der Waals surface area contributed by atoms with Gasteiger partial charge in [-0.05, 0) is 18.2 Å². The molecule has 0 fully saturated rings. The molecule has 2 N–H and O–H groups in total. The first-order chi connectivity index (χ1) is 10.2. The van der Waals surface area contributed by atoms with Crippen molar-refractivity contribution >= 4 is 33.4 Å². The van der Waals surface area contributed by atoms with E-state index in [4.69, 9.17) is 10.3 Å². The predicted octanol–water partition coefficient (Wildman–Crippen LogP) is 3.77. The lowest BCUT2D eigenvalue weighted by Gasteiger charge is -2.01. The van der Waals surface area contributed by atoms with E-state index < -0.39 is 0 Å². The van der Waals surface area contributed by atoms with Gasteiger partial charge in [-0.25, -0.2) is 0 Å². The molecule has 2 heterocycles. The van der Waals surface area contributed by atoms with Crippen molar-refractivity contribution in [2.75, 3.05) is 5.73 Å². The van der Waals surface area contributed by atoms with Crippen LogP contribution >= 0.6 is 27.7 Å². The molecule has 0 spiro atoms. The Kier molecular flexibility index (Phi) is 4.21. The molecule has 3 rings (SSSR count). The first kappa shape index (κ1) is 14.1. The first-order valence-corrected chi connectivity index (χ1v) is 7.91. The maximum Gasteiger partial charge on any atom is 0.237 e. The number of halogens is 1. The van der Waals surface area contributed by atoms with Crippen LogP contribution in [0.1, 0.15) is 5.89 Å². The van der Waals surface area contributed by atoms with Crippen LogP contribution in [0.4, 0.5) is 5.69 Å². The largest absolute Gasteiger partial charge is 0.397 e. The highest BCUT2D eigenvalue weighted by atomic mass is 79.9. The first-order valence-electron chi connectivity index (χ1n) is 6.13. The SMILES string of the molecule is Nc1cnccc1SCc1nc(-c2cccc(Br)c2)no1. The van der Waals surface area contributed by atoms with Crippen LogP contribution in [-0.2, 0) is 5.75 Å². The highest BCUT2D eigenvalue weighted by Gasteiger charge is 2.10. The molecule has 0 aliphatic carbocycles. The minimum atomic E-state index is 0.561. The van der Waals surface area contributed by atoms with Crippen molar-refractivity contribution in [3.05, 3.63) is 53.1 Å². The molecule has 5 nitrogen and oxygen atoms in total. The quantitative estimate of drug-likeness (QED) is 0.711. The number of hydrogen-bond donors (Lipinski definition) is 1. The van der Waals surface area contributed by atoms with Gasteiger partial charge in [-0.3, -0.25) is 4.98 Å². The number of hydrogen-bond acceptors (Lipinski definition) is 6. The molecule has 106 valence electrons. The zero-order chi connectivity index (χ0) is 14.7. The molecule has 0 aliphatic heterocycles. The summed E-state index contributed by atoms with van der Waals surface area (Å²) < 4.78 is 6.24. The molecule has 0 aliphatic rings. The third-order valence-electron chi connectivity index (χ3n) is 2.71. The summed E-state index contributed by atoms with van der Waals surface area (Å²) in [5.41, 5.74) is 7.40.